The Balaban J connectivity index is 2.69. The van der Waals surface area contributed by atoms with Gasteiger partial charge >= 0.3 is 6.18 Å². The number of nitrogens with zero attached hydrogens (tertiary/aromatic N) is 1. The predicted molar refractivity (Wildman–Crippen MR) is 49.7 cm³/mol. The zero-order valence-electron chi connectivity index (χ0n) is 8.87. The lowest BCUT2D eigenvalue weighted by atomic mass is 10.3. The van der Waals surface area contributed by atoms with Gasteiger partial charge in [0.1, 0.15) is 26.0 Å². The number of hydrogen-bond acceptors (Lipinski definition) is 4. The van der Waals surface area contributed by atoms with Crippen LogP contribution in [0.2, 0.25) is 0 Å². The Morgan fingerprint density at radius 1 is 1.47 bits per heavy atom. The molecular weight excluding hydrogens is 243 g/mol. The van der Waals surface area contributed by atoms with Gasteiger partial charge in [-0.2, -0.15) is 13.2 Å². The van der Waals surface area contributed by atoms with Gasteiger partial charge in [-0.3, -0.25) is 4.79 Å². The summed E-state index contributed by atoms with van der Waals surface area (Å²) in [4.78, 5) is 12.1. The zero-order valence-corrected chi connectivity index (χ0v) is 8.87. The van der Waals surface area contributed by atoms with Crippen LogP contribution < -0.4 is 0 Å². The Kier molecular flexibility index (Phi) is 4.62. The van der Waals surface area contributed by atoms with Gasteiger partial charge in [0, 0.05) is 6.54 Å². The highest BCUT2D eigenvalue weighted by atomic mass is 19.4. The highest BCUT2D eigenvalue weighted by Gasteiger charge is 2.34. The van der Waals surface area contributed by atoms with E-state index >= 15 is 0 Å². The average molecular weight is 255 g/mol. The second-order valence-electron chi connectivity index (χ2n) is 3.27. The first-order valence-corrected chi connectivity index (χ1v) is 4.85. The van der Waals surface area contributed by atoms with Gasteiger partial charge in [0.15, 0.2) is 0 Å². The minimum Gasteiger partial charge on any atom is -0.494 e. The Bertz CT molecular complexity index is 303. The summed E-state index contributed by atoms with van der Waals surface area (Å²) in [5, 5.41) is 8.63. The van der Waals surface area contributed by atoms with E-state index in [1.807, 2.05) is 0 Å². The molecule has 0 saturated heterocycles. The number of alkyl halides is 3. The fraction of sp³-hybridized carbons (Fsp3) is 0.667. The fourth-order valence-corrected chi connectivity index (χ4v) is 1.23. The van der Waals surface area contributed by atoms with E-state index in [0.717, 1.165) is 6.26 Å². The third kappa shape index (κ3) is 4.51. The van der Waals surface area contributed by atoms with Crippen LogP contribution in [-0.2, 0) is 14.3 Å². The molecule has 1 aliphatic rings. The van der Waals surface area contributed by atoms with E-state index in [-0.39, 0.29) is 19.0 Å². The molecule has 8 heteroatoms. The maximum atomic E-state index is 12.2. The first kappa shape index (κ1) is 13.6. The molecule has 1 amide bonds. The van der Waals surface area contributed by atoms with E-state index < -0.39 is 31.8 Å². The van der Waals surface area contributed by atoms with Gasteiger partial charge in [0.05, 0.1) is 6.61 Å². The summed E-state index contributed by atoms with van der Waals surface area (Å²) in [6, 6.07) is 0. The first-order valence-electron chi connectivity index (χ1n) is 4.85. The molecule has 0 saturated carbocycles. The van der Waals surface area contributed by atoms with Crippen LogP contribution >= 0.6 is 0 Å². The molecule has 0 atom stereocenters. The number of rotatable bonds is 4. The Morgan fingerprint density at radius 2 is 2.18 bits per heavy atom. The fourth-order valence-electron chi connectivity index (χ4n) is 1.23. The van der Waals surface area contributed by atoms with Crippen molar-refractivity contribution >= 4 is 5.91 Å². The average Bonchev–Trinajstić information content (AvgIpc) is 2.27. The summed E-state index contributed by atoms with van der Waals surface area (Å²) < 4.78 is 46.2. The molecule has 0 aromatic carbocycles. The van der Waals surface area contributed by atoms with Crippen molar-refractivity contribution in [2.24, 2.45) is 0 Å². The Morgan fingerprint density at radius 3 is 2.65 bits per heavy atom. The summed E-state index contributed by atoms with van der Waals surface area (Å²) in [6.07, 6.45) is -3.55. The lowest BCUT2D eigenvalue weighted by Crippen LogP contribution is -2.42. The zero-order chi connectivity index (χ0) is 12.9. The molecule has 5 nitrogen and oxygen atoms in total. The number of ether oxygens (including phenoxy) is 2. The van der Waals surface area contributed by atoms with Crippen LogP contribution in [0.1, 0.15) is 0 Å². The van der Waals surface area contributed by atoms with E-state index in [2.05, 4.69) is 0 Å². The topological polar surface area (TPSA) is 59.0 Å². The summed E-state index contributed by atoms with van der Waals surface area (Å²) in [6.45, 7) is -2.06. The molecule has 98 valence electrons. The van der Waals surface area contributed by atoms with Crippen molar-refractivity contribution in [2.75, 3.05) is 32.9 Å². The molecule has 0 aliphatic carbocycles. The standard InChI is InChI=1S/C9H12F3NO4/c10-9(11,12)6-13(1-2-14)8(15)7-5-16-3-4-17-7/h5,14H,1-4,6H2. The van der Waals surface area contributed by atoms with E-state index in [0.29, 0.717) is 4.90 Å². The van der Waals surface area contributed by atoms with Crippen LogP contribution in [0.3, 0.4) is 0 Å². The number of aliphatic hydroxyl groups is 1. The molecule has 1 aliphatic heterocycles. The lowest BCUT2D eigenvalue weighted by Gasteiger charge is -2.25. The van der Waals surface area contributed by atoms with Crippen molar-refractivity contribution in [1.82, 2.24) is 4.90 Å². The number of amides is 1. The predicted octanol–water partition coefficient (Wildman–Crippen LogP) is 0.258. The Hall–Kier alpha value is -1.44. The summed E-state index contributed by atoms with van der Waals surface area (Å²) in [7, 11) is 0. The minimum atomic E-state index is -4.53. The third-order valence-corrected chi connectivity index (χ3v) is 1.89. The molecule has 1 N–H and O–H groups in total. The number of carbonyl (C=O) groups excluding carboxylic acids is 1. The van der Waals surface area contributed by atoms with Crippen molar-refractivity contribution in [1.29, 1.82) is 0 Å². The second-order valence-corrected chi connectivity index (χ2v) is 3.27. The van der Waals surface area contributed by atoms with Gasteiger partial charge in [0.25, 0.3) is 5.91 Å². The summed E-state index contributed by atoms with van der Waals surface area (Å²) >= 11 is 0. The van der Waals surface area contributed by atoms with Crippen LogP contribution in [0.15, 0.2) is 12.0 Å². The quantitative estimate of drug-likeness (QED) is 0.782. The highest BCUT2D eigenvalue weighted by Crippen LogP contribution is 2.18. The lowest BCUT2D eigenvalue weighted by molar-refractivity contribution is -0.162. The second kappa shape index (κ2) is 5.76. The molecule has 0 bridgehead atoms. The maximum absolute atomic E-state index is 12.2. The van der Waals surface area contributed by atoms with Crippen LogP contribution in [-0.4, -0.2) is 55.0 Å². The molecule has 1 rings (SSSR count). The van der Waals surface area contributed by atoms with Crippen molar-refractivity contribution in [3.8, 4) is 0 Å². The molecule has 1 heterocycles. The van der Waals surface area contributed by atoms with Crippen LogP contribution in [0, 0.1) is 0 Å². The van der Waals surface area contributed by atoms with Crippen molar-refractivity contribution in [2.45, 2.75) is 6.18 Å². The van der Waals surface area contributed by atoms with Gasteiger partial charge in [-0.25, -0.2) is 0 Å². The summed E-state index contributed by atoms with van der Waals surface area (Å²) in [5.74, 6) is -1.23. The van der Waals surface area contributed by atoms with Crippen molar-refractivity contribution < 1.29 is 32.5 Å². The Labute approximate surface area is 95.4 Å². The molecule has 17 heavy (non-hydrogen) atoms. The van der Waals surface area contributed by atoms with Gasteiger partial charge < -0.3 is 19.5 Å². The van der Waals surface area contributed by atoms with Crippen LogP contribution in [0.5, 0.6) is 0 Å². The molecule has 0 radical (unpaired) electrons. The first-order chi connectivity index (χ1) is 7.94. The third-order valence-electron chi connectivity index (χ3n) is 1.89. The molecule has 0 aromatic rings. The highest BCUT2D eigenvalue weighted by molar-refractivity contribution is 5.91. The van der Waals surface area contributed by atoms with E-state index in [1.165, 1.54) is 0 Å². The normalized spacial score (nSPS) is 15.6. The monoisotopic (exact) mass is 255 g/mol. The number of aliphatic hydroxyl groups excluding tert-OH is 1. The summed E-state index contributed by atoms with van der Waals surface area (Å²) in [5.41, 5.74) is 0. The number of carbonyl (C=O) groups is 1. The van der Waals surface area contributed by atoms with Crippen molar-refractivity contribution in [3.05, 3.63) is 12.0 Å². The van der Waals surface area contributed by atoms with Crippen LogP contribution in [0.4, 0.5) is 13.2 Å². The number of halogens is 3. The molecular formula is C9H12F3NO4. The van der Waals surface area contributed by atoms with E-state index in [4.69, 9.17) is 14.6 Å². The minimum absolute atomic E-state index is 0.108. The van der Waals surface area contributed by atoms with Gasteiger partial charge in [-0.05, 0) is 0 Å². The molecule has 0 spiro atoms. The SMILES string of the molecule is O=C(C1=COCCO1)N(CCO)CC(F)(F)F. The van der Waals surface area contributed by atoms with E-state index in [1.54, 1.807) is 0 Å². The van der Waals surface area contributed by atoms with Gasteiger partial charge in [-0.15, -0.1) is 0 Å². The van der Waals surface area contributed by atoms with E-state index in [9.17, 15) is 18.0 Å². The maximum Gasteiger partial charge on any atom is 0.406 e. The molecule has 0 aromatic heterocycles. The largest absolute Gasteiger partial charge is 0.494 e. The molecule has 0 fully saturated rings. The van der Waals surface area contributed by atoms with Crippen LogP contribution in [0.25, 0.3) is 0 Å². The number of hydrogen-bond donors (Lipinski definition) is 1. The van der Waals surface area contributed by atoms with Gasteiger partial charge in [-0.1, -0.05) is 0 Å². The van der Waals surface area contributed by atoms with Crippen molar-refractivity contribution in [3.63, 3.8) is 0 Å². The smallest absolute Gasteiger partial charge is 0.406 e. The van der Waals surface area contributed by atoms with Gasteiger partial charge in [0.2, 0.25) is 5.76 Å². The molecule has 0 unspecified atom stereocenters.